The van der Waals surface area contributed by atoms with Crippen LogP contribution in [-0.2, 0) is 19.1 Å². The van der Waals surface area contributed by atoms with Crippen molar-refractivity contribution < 1.29 is 19.1 Å². The number of carbonyl (C=O) groups excluding carboxylic acids is 2. The molecule has 82 valence electrons. The van der Waals surface area contributed by atoms with Gasteiger partial charge in [-0.2, -0.15) is 0 Å². The molecular formula is C9H17NO4. The lowest BCUT2D eigenvalue weighted by atomic mass is 10.2. The van der Waals surface area contributed by atoms with Gasteiger partial charge in [-0.1, -0.05) is 6.92 Å². The Morgan fingerprint density at radius 3 is 2.43 bits per heavy atom. The highest BCUT2D eigenvalue weighted by Crippen LogP contribution is 1.96. The van der Waals surface area contributed by atoms with Gasteiger partial charge in [-0.25, -0.2) is 0 Å². The molecule has 0 heterocycles. The van der Waals surface area contributed by atoms with Crippen LogP contribution in [-0.4, -0.2) is 31.2 Å². The summed E-state index contributed by atoms with van der Waals surface area (Å²) >= 11 is 0. The Morgan fingerprint density at radius 2 is 1.93 bits per heavy atom. The maximum absolute atomic E-state index is 11.0. The van der Waals surface area contributed by atoms with Crippen molar-refractivity contribution in [1.29, 1.82) is 0 Å². The predicted molar refractivity (Wildman–Crippen MR) is 50.5 cm³/mol. The van der Waals surface area contributed by atoms with Crippen molar-refractivity contribution in [3.63, 3.8) is 0 Å². The molecule has 0 spiro atoms. The van der Waals surface area contributed by atoms with E-state index >= 15 is 0 Å². The lowest BCUT2D eigenvalue weighted by Gasteiger charge is -2.09. The van der Waals surface area contributed by atoms with Crippen LogP contribution in [0.4, 0.5) is 0 Å². The number of nitrogens with two attached hydrogens (primary N) is 1. The average molecular weight is 203 g/mol. The van der Waals surface area contributed by atoms with E-state index in [1.807, 2.05) is 6.92 Å². The topological polar surface area (TPSA) is 78.6 Å². The molecule has 2 N–H and O–H groups in total. The van der Waals surface area contributed by atoms with E-state index in [1.54, 1.807) is 6.92 Å². The molecule has 0 fully saturated rings. The molecular weight excluding hydrogens is 186 g/mol. The summed E-state index contributed by atoms with van der Waals surface area (Å²) < 4.78 is 9.40. The standard InChI is InChI=1S/C9H17NO4/c1-3-5-14-8(11)6-7(10)9(12)13-4-2/h7H,3-6,10H2,1-2H3. The highest BCUT2D eigenvalue weighted by Gasteiger charge is 2.19. The van der Waals surface area contributed by atoms with E-state index in [0.29, 0.717) is 6.61 Å². The van der Waals surface area contributed by atoms with E-state index in [1.165, 1.54) is 0 Å². The number of hydrogen-bond acceptors (Lipinski definition) is 5. The summed E-state index contributed by atoms with van der Waals surface area (Å²) in [5, 5.41) is 0. The number of rotatable bonds is 6. The maximum Gasteiger partial charge on any atom is 0.323 e. The molecule has 0 aliphatic carbocycles. The SMILES string of the molecule is CCCOC(=O)CC(N)C(=O)OCC. The molecule has 0 aliphatic heterocycles. The summed E-state index contributed by atoms with van der Waals surface area (Å²) in [7, 11) is 0. The third-order valence-electron chi connectivity index (χ3n) is 1.44. The van der Waals surface area contributed by atoms with E-state index in [-0.39, 0.29) is 13.0 Å². The zero-order valence-corrected chi connectivity index (χ0v) is 8.62. The summed E-state index contributed by atoms with van der Waals surface area (Å²) in [5.74, 6) is -1.03. The fourth-order valence-electron chi connectivity index (χ4n) is 0.787. The van der Waals surface area contributed by atoms with Gasteiger partial charge in [0, 0.05) is 0 Å². The molecule has 0 aromatic rings. The Hall–Kier alpha value is -1.10. The maximum atomic E-state index is 11.0. The second-order valence-corrected chi connectivity index (χ2v) is 2.78. The van der Waals surface area contributed by atoms with Crippen LogP contribution in [0.25, 0.3) is 0 Å². The molecule has 0 rings (SSSR count). The zero-order valence-electron chi connectivity index (χ0n) is 8.62. The fraction of sp³-hybridized carbons (Fsp3) is 0.778. The Balaban J connectivity index is 3.75. The molecule has 1 atom stereocenters. The fourth-order valence-corrected chi connectivity index (χ4v) is 0.787. The molecule has 0 aromatic heterocycles. The first-order valence-electron chi connectivity index (χ1n) is 4.69. The predicted octanol–water partition coefficient (Wildman–Crippen LogP) is 0.220. The van der Waals surface area contributed by atoms with Crippen LogP contribution in [0.3, 0.4) is 0 Å². The number of carbonyl (C=O) groups is 2. The van der Waals surface area contributed by atoms with Gasteiger partial charge in [0.25, 0.3) is 0 Å². The van der Waals surface area contributed by atoms with Crippen molar-refractivity contribution in [2.24, 2.45) is 5.73 Å². The quantitative estimate of drug-likeness (QED) is 0.625. The van der Waals surface area contributed by atoms with Crippen LogP contribution >= 0.6 is 0 Å². The van der Waals surface area contributed by atoms with E-state index < -0.39 is 18.0 Å². The van der Waals surface area contributed by atoms with Crippen molar-refractivity contribution in [3.8, 4) is 0 Å². The first-order valence-corrected chi connectivity index (χ1v) is 4.69. The smallest absolute Gasteiger partial charge is 0.323 e. The lowest BCUT2D eigenvalue weighted by molar-refractivity contribution is -0.151. The van der Waals surface area contributed by atoms with Crippen molar-refractivity contribution in [2.45, 2.75) is 32.7 Å². The minimum Gasteiger partial charge on any atom is -0.466 e. The Morgan fingerprint density at radius 1 is 1.29 bits per heavy atom. The summed E-state index contributed by atoms with van der Waals surface area (Å²) in [6.07, 6.45) is 0.624. The molecule has 0 aromatic carbocycles. The summed E-state index contributed by atoms with van der Waals surface area (Å²) in [6.45, 7) is 4.18. The van der Waals surface area contributed by atoms with Gasteiger partial charge in [-0.15, -0.1) is 0 Å². The highest BCUT2D eigenvalue weighted by atomic mass is 16.5. The molecule has 0 saturated carbocycles. The van der Waals surface area contributed by atoms with Crippen LogP contribution < -0.4 is 5.73 Å². The van der Waals surface area contributed by atoms with Crippen LogP contribution in [0.1, 0.15) is 26.7 Å². The van der Waals surface area contributed by atoms with Crippen molar-refractivity contribution in [3.05, 3.63) is 0 Å². The molecule has 0 radical (unpaired) electrons. The molecule has 0 aliphatic rings. The minimum atomic E-state index is -0.917. The summed E-state index contributed by atoms with van der Waals surface area (Å²) in [5.41, 5.74) is 5.40. The van der Waals surface area contributed by atoms with Gasteiger partial charge in [-0.05, 0) is 13.3 Å². The van der Waals surface area contributed by atoms with Gasteiger partial charge in [-0.3, -0.25) is 9.59 Å². The first kappa shape index (κ1) is 12.9. The van der Waals surface area contributed by atoms with Gasteiger partial charge in [0.15, 0.2) is 0 Å². The zero-order chi connectivity index (χ0) is 11.0. The van der Waals surface area contributed by atoms with Gasteiger partial charge in [0.2, 0.25) is 0 Å². The monoisotopic (exact) mass is 203 g/mol. The van der Waals surface area contributed by atoms with Gasteiger partial charge in [0.1, 0.15) is 6.04 Å². The van der Waals surface area contributed by atoms with Crippen molar-refractivity contribution in [1.82, 2.24) is 0 Å². The molecule has 1 unspecified atom stereocenters. The first-order chi connectivity index (χ1) is 6.61. The summed E-state index contributed by atoms with van der Waals surface area (Å²) in [6, 6.07) is -0.917. The Kier molecular flexibility index (Phi) is 6.74. The second kappa shape index (κ2) is 7.32. The van der Waals surface area contributed by atoms with Gasteiger partial charge >= 0.3 is 11.9 Å². The summed E-state index contributed by atoms with van der Waals surface area (Å²) in [4.78, 5) is 22.0. The van der Waals surface area contributed by atoms with E-state index in [2.05, 4.69) is 4.74 Å². The average Bonchev–Trinajstić information content (AvgIpc) is 2.15. The molecule has 5 heteroatoms. The van der Waals surface area contributed by atoms with E-state index in [4.69, 9.17) is 10.5 Å². The van der Waals surface area contributed by atoms with Crippen molar-refractivity contribution >= 4 is 11.9 Å². The van der Waals surface area contributed by atoms with Gasteiger partial charge in [0.05, 0.1) is 19.6 Å². The van der Waals surface area contributed by atoms with Crippen LogP contribution in [0, 0.1) is 0 Å². The molecule has 5 nitrogen and oxygen atoms in total. The van der Waals surface area contributed by atoms with Crippen molar-refractivity contribution in [2.75, 3.05) is 13.2 Å². The molecule has 0 saturated heterocycles. The third kappa shape index (κ3) is 5.53. The van der Waals surface area contributed by atoms with Crippen LogP contribution in [0.15, 0.2) is 0 Å². The number of ether oxygens (including phenoxy) is 2. The molecule has 14 heavy (non-hydrogen) atoms. The number of esters is 2. The van der Waals surface area contributed by atoms with E-state index in [0.717, 1.165) is 6.42 Å². The molecule has 0 amide bonds. The lowest BCUT2D eigenvalue weighted by Crippen LogP contribution is -2.35. The molecule has 0 bridgehead atoms. The third-order valence-corrected chi connectivity index (χ3v) is 1.44. The Labute approximate surface area is 83.5 Å². The Bertz CT molecular complexity index is 193. The normalized spacial score (nSPS) is 11.9. The highest BCUT2D eigenvalue weighted by molar-refractivity contribution is 5.82. The second-order valence-electron chi connectivity index (χ2n) is 2.78. The minimum absolute atomic E-state index is 0.126. The van der Waals surface area contributed by atoms with E-state index in [9.17, 15) is 9.59 Å². The number of hydrogen-bond donors (Lipinski definition) is 1. The van der Waals surface area contributed by atoms with Crippen LogP contribution in [0.2, 0.25) is 0 Å². The van der Waals surface area contributed by atoms with Crippen LogP contribution in [0.5, 0.6) is 0 Å². The van der Waals surface area contributed by atoms with Gasteiger partial charge < -0.3 is 15.2 Å². The largest absolute Gasteiger partial charge is 0.466 e.